The molecule has 2 aromatic rings. The third kappa shape index (κ3) is 2.40. The van der Waals surface area contributed by atoms with Crippen LogP contribution in [0.25, 0.3) is 0 Å². The molecule has 1 N–H and O–H groups in total. The molecule has 1 atom stereocenters. The number of anilines is 2. The molecule has 1 aliphatic heterocycles. The molecular formula is C19H18N2O2. The topological polar surface area (TPSA) is 49.4 Å². The van der Waals surface area contributed by atoms with Crippen molar-refractivity contribution in [1.82, 2.24) is 0 Å². The first-order valence-electron chi connectivity index (χ1n) is 8.02. The average molecular weight is 306 g/mol. The highest BCUT2D eigenvalue weighted by Gasteiger charge is 2.34. The summed E-state index contributed by atoms with van der Waals surface area (Å²) >= 11 is 0. The van der Waals surface area contributed by atoms with Gasteiger partial charge in [0.1, 0.15) is 6.54 Å². The predicted molar refractivity (Wildman–Crippen MR) is 89.5 cm³/mol. The second-order valence-electron chi connectivity index (χ2n) is 6.13. The molecule has 116 valence electrons. The Hall–Kier alpha value is -2.62. The van der Waals surface area contributed by atoms with E-state index in [-0.39, 0.29) is 24.3 Å². The van der Waals surface area contributed by atoms with Crippen molar-refractivity contribution in [3.63, 3.8) is 0 Å². The Morgan fingerprint density at radius 2 is 1.87 bits per heavy atom. The minimum absolute atomic E-state index is 0.0273. The van der Waals surface area contributed by atoms with E-state index in [0.717, 1.165) is 30.5 Å². The highest BCUT2D eigenvalue weighted by molar-refractivity contribution is 6.11. The van der Waals surface area contributed by atoms with Gasteiger partial charge in [-0.1, -0.05) is 36.4 Å². The van der Waals surface area contributed by atoms with Gasteiger partial charge in [0.05, 0.1) is 17.3 Å². The van der Waals surface area contributed by atoms with Crippen LogP contribution in [0.5, 0.6) is 0 Å². The molecule has 0 saturated heterocycles. The minimum Gasteiger partial charge on any atom is -0.323 e. The van der Waals surface area contributed by atoms with Crippen molar-refractivity contribution >= 4 is 23.2 Å². The van der Waals surface area contributed by atoms with Gasteiger partial charge in [-0.15, -0.1) is 0 Å². The molecule has 0 spiro atoms. The van der Waals surface area contributed by atoms with E-state index in [2.05, 4.69) is 11.4 Å². The fourth-order valence-corrected chi connectivity index (χ4v) is 3.63. The standard InChI is InChI=1S/C19H18N2O2/c22-18-12-21(17-11-4-3-10-16(17)20-18)19(23)15-9-5-7-13-6-1-2-8-14(13)15/h1-4,6,8,10-11,15H,5,7,9,12H2,(H,20,22). The summed E-state index contributed by atoms with van der Waals surface area (Å²) in [5.74, 6) is -0.264. The summed E-state index contributed by atoms with van der Waals surface area (Å²) in [5, 5.41) is 2.83. The highest BCUT2D eigenvalue weighted by Crippen LogP contribution is 2.36. The first kappa shape index (κ1) is 14.0. The molecule has 2 amide bonds. The molecule has 0 radical (unpaired) electrons. The van der Waals surface area contributed by atoms with E-state index in [1.54, 1.807) is 4.90 Å². The number of nitrogens with one attached hydrogen (secondary N) is 1. The molecule has 2 aromatic carbocycles. The molecule has 4 heteroatoms. The number of para-hydroxylation sites is 2. The summed E-state index contributed by atoms with van der Waals surface area (Å²) in [5.41, 5.74) is 3.88. The van der Waals surface area contributed by atoms with E-state index >= 15 is 0 Å². The largest absolute Gasteiger partial charge is 0.323 e. The molecule has 0 aromatic heterocycles. The number of rotatable bonds is 1. The highest BCUT2D eigenvalue weighted by atomic mass is 16.2. The van der Waals surface area contributed by atoms with Crippen LogP contribution in [0, 0.1) is 0 Å². The molecule has 0 bridgehead atoms. The van der Waals surface area contributed by atoms with Crippen molar-refractivity contribution in [2.75, 3.05) is 16.8 Å². The molecule has 23 heavy (non-hydrogen) atoms. The van der Waals surface area contributed by atoms with Gasteiger partial charge in [0.15, 0.2) is 0 Å². The molecule has 1 heterocycles. The van der Waals surface area contributed by atoms with Crippen LogP contribution in [0.4, 0.5) is 11.4 Å². The Morgan fingerprint density at radius 1 is 1.09 bits per heavy atom. The maximum atomic E-state index is 13.2. The lowest BCUT2D eigenvalue weighted by molar-refractivity contribution is -0.123. The Morgan fingerprint density at radius 3 is 2.78 bits per heavy atom. The third-order valence-corrected chi connectivity index (χ3v) is 4.70. The van der Waals surface area contributed by atoms with Crippen LogP contribution in [0.1, 0.15) is 29.9 Å². The lowest BCUT2D eigenvalue weighted by atomic mass is 9.82. The Balaban J connectivity index is 1.72. The lowest BCUT2D eigenvalue weighted by Gasteiger charge is -2.34. The Labute approximate surface area is 135 Å². The van der Waals surface area contributed by atoms with Crippen molar-refractivity contribution in [3.05, 3.63) is 59.7 Å². The number of aryl methyl sites for hydroxylation is 1. The van der Waals surface area contributed by atoms with Crippen LogP contribution in [-0.2, 0) is 16.0 Å². The van der Waals surface area contributed by atoms with E-state index in [9.17, 15) is 9.59 Å². The van der Waals surface area contributed by atoms with Crippen molar-refractivity contribution in [1.29, 1.82) is 0 Å². The normalized spacial score (nSPS) is 19.6. The molecule has 0 fully saturated rings. The van der Waals surface area contributed by atoms with Crippen LogP contribution in [0.15, 0.2) is 48.5 Å². The number of nitrogens with zero attached hydrogens (tertiary/aromatic N) is 1. The molecule has 1 unspecified atom stereocenters. The van der Waals surface area contributed by atoms with Gasteiger partial charge in [-0.05, 0) is 42.5 Å². The summed E-state index contributed by atoms with van der Waals surface area (Å²) in [4.78, 5) is 26.8. The first-order chi connectivity index (χ1) is 11.2. The summed E-state index contributed by atoms with van der Waals surface area (Å²) < 4.78 is 0. The van der Waals surface area contributed by atoms with Gasteiger partial charge in [-0.3, -0.25) is 9.59 Å². The summed E-state index contributed by atoms with van der Waals surface area (Å²) in [6.07, 6.45) is 2.88. The van der Waals surface area contributed by atoms with Gasteiger partial charge >= 0.3 is 0 Å². The van der Waals surface area contributed by atoms with Crippen LogP contribution >= 0.6 is 0 Å². The number of hydrogen-bond donors (Lipinski definition) is 1. The Kier molecular flexibility index (Phi) is 3.37. The van der Waals surface area contributed by atoms with Crippen LogP contribution in [-0.4, -0.2) is 18.4 Å². The van der Waals surface area contributed by atoms with Gasteiger partial charge in [0, 0.05) is 0 Å². The fourth-order valence-electron chi connectivity index (χ4n) is 3.63. The fraction of sp³-hybridized carbons (Fsp3) is 0.263. The lowest BCUT2D eigenvalue weighted by Crippen LogP contribution is -2.44. The molecule has 2 aliphatic rings. The molecule has 4 rings (SSSR count). The molecule has 0 saturated carbocycles. The zero-order chi connectivity index (χ0) is 15.8. The van der Waals surface area contributed by atoms with Crippen molar-refractivity contribution < 1.29 is 9.59 Å². The van der Waals surface area contributed by atoms with Crippen LogP contribution in [0.3, 0.4) is 0 Å². The second kappa shape index (κ2) is 5.54. The van der Waals surface area contributed by atoms with E-state index in [1.807, 2.05) is 42.5 Å². The molecular weight excluding hydrogens is 288 g/mol. The summed E-state index contributed by atoms with van der Waals surface area (Å²) in [7, 11) is 0. The van der Waals surface area contributed by atoms with Gasteiger partial charge in [0.2, 0.25) is 11.8 Å². The quantitative estimate of drug-likeness (QED) is 0.880. The zero-order valence-corrected chi connectivity index (χ0v) is 12.8. The predicted octanol–water partition coefficient (Wildman–Crippen LogP) is 3.09. The maximum absolute atomic E-state index is 13.2. The van der Waals surface area contributed by atoms with Crippen LogP contribution < -0.4 is 10.2 Å². The van der Waals surface area contributed by atoms with Crippen molar-refractivity contribution in [3.8, 4) is 0 Å². The van der Waals surface area contributed by atoms with Gasteiger partial charge in [-0.25, -0.2) is 0 Å². The van der Waals surface area contributed by atoms with E-state index in [1.165, 1.54) is 5.56 Å². The van der Waals surface area contributed by atoms with Crippen molar-refractivity contribution in [2.45, 2.75) is 25.2 Å². The van der Waals surface area contributed by atoms with E-state index < -0.39 is 0 Å². The summed E-state index contributed by atoms with van der Waals surface area (Å²) in [6, 6.07) is 15.6. The number of amides is 2. The average Bonchev–Trinajstić information content (AvgIpc) is 2.60. The van der Waals surface area contributed by atoms with Gasteiger partial charge < -0.3 is 10.2 Å². The summed E-state index contributed by atoms with van der Waals surface area (Å²) in [6.45, 7) is 0.0918. The smallest absolute Gasteiger partial charge is 0.244 e. The number of carbonyl (C=O) groups excluding carboxylic acids is 2. The maximum Gasteiger partial charge on any atom is 0.244 e. The Bertz CT molecular complexity index is 784. The number of benzene rings is 2. The SMILES string of the molecule is O=C1CN(C(=O)C2CCCc3ccccc32)c2ccccc2N1. The molecule has 1 aliphatic carbocycles. The van der Waals surface area contributed by atoms with Crippen LogP contribution in [0.2, 0.25) is 0 Å². The third-order valence-electron chi connectivity index (χ3n) is 4.70. The van der Waals surface area contributed by atoms with E-state index in [4.69, 9.17) is 0 Å². The monoisotopic (exact) mass is 306 g/mol. The number of hydrogen-bond acceptors (Lipinski definition) is 2. The minimum atomic E-state index is -0.154. The number of carbonyl (C=O) groups is 2. The zero-order valence-electron chi connectivity index (χ0n) is 12.8. The van der Waals surface area contributed by atoms with E-state index in [0.29, 0.717) is 5.69 Å². The first-order valence-corrected chi connectivity index (χ1v) is 8.02. The second-order valence-corrected chi connectivity index (χ2v) is 6.13. The van der Waals surface area contributed by atoms with Crippen molar-refractivity contribution in [2.24, 2.45) is 0 Å². The molecule has 4 nitrogen and oxygen atoms in total. The number of fused-ring (bicyclic) bond motifs is 2. The van der Waals surface area contributed by atoms with Gasteiger partial charge in [0.25, 0.3) is 0 Å². The van der Waals surface area contributed by atoms with Gasteiger partial charge in [-0.2, -0.15) is 0 Å².